The van der Waals surface area contributed by atoms with Gasteiger partial charge in [0.2, 0.25) is 0 Å². The summed E-state index contributed by atoms with van der Waals surface area (Å²) in [5.41, 5.74) is 6.61. The van der Waals surface area contributed by atoms with Gasteiger partial charge in [0.1, 0.15) is 5.82 Å². The van der Waals surface area contributed by atoms with Gasteiger partial charge < -0.3 is 15.7 Å². The maximum atomic E-state index is 9.14. The normalized spacial score (nSPS) is 17.2. The molecule has 1 saturated heterocycles. The summed E-state index contributed by atoms with van der Waals surface area (Å²) in [6.07, 6.45) is 1.55. The Balaban J connectivity index is 2.19. The molecule has 0 atom stereocenters. The Morgan fingerprint density at radius 1 is 1.62 bits per heavy atom. The van der Waals surface area contributed by atoms with Gasteiger partial charge in [-0.2, -0.15) is 0 Å². The minimum absolute atomic E-state index is 0.201. The highest BCUT2D eigenvalue weighted by atomic mass is 16.3. The van der Waals surface area contributed by atoms with E-state index in [9.17, 15) is 0 Å². The number of nitrogens with zero attached hydrogens (tertiary/aromatic N) is 2. The average molecular weight is 179 g/mol. The summed E-state index contributed by atoms with van der Waals surface area (Å²) in [4.78, 5) is 6.28. The zero-order chi connectivity index (χ0) is 9.26. The summed E-state index contributed by atoms with van der Waals surface area (Å²) >= 11 is 0. The molecule has 1 aromatic rings. The van der Waals surface area contributed by atoms with Gasteiger partial charge in [-0.3, -0.25) is 0 Å². The first-order valence-electron chi connectivity index (χ1n) is 4.38. The molecule has 1 fully saturated rings. The van der Waals surface area contributed by atoms with E-state index in [-0.39, 0.29) is 6.10 Å². The van der Waals surface area contributed by atoms with E-state index in [1.165, 1.54) is 0 Å². The van der Waals surface area contributed by atoms with Crippen LogP contribution in [0.5, 0.6) is 0 Å². The predicted octanol–water partition coefficient (Wildman–Crippen LogP) is -0.279. The summed E-state index contributed by atoms with van der Waals surface area (Å²) < 4.78 is 0. The number of aliphatic hydroxyl groups is 1. The van der Waals surface area contributed by atoms with Crippen molar-refractivity contribution in [3.05, 3.63) is 23.9 Å². The van der Waals surface area contributed by atoms with Crippen molar-refractivity contribution in [3.63, 3.8) is 0 Å². The molecular formula is C9H13N3O. The zero-order valence-corrected chi connectivity index (χ0v) is 7.35. The maximum Gasteiger partial charge on any atom is 0.133 e. The van der Waals surface area contributed by atoms with Crippen molar-refractivity contribution >= 4 is 5.82 Å². The number of anilines is 1. The third kappa shape index (κ3) is 1.50. The van der Waals surface area contributed by atoms with Gasteiger partial charge >= 0.3 is 0 Å². The molecular weight excluding hydrogens is 166 g/mol. The predicted molar refractivity (Wildman–Crippen MR) is 50.3 cm³/mol. The molecule has 0 amide bonds. The molecule has 0 bridgehead atoms. The average Bonchev–Trinajstić information content (AvgIpc) is 2.13. The molecule has 4 nitrogen and oxygen atoms in total. The lowest BCUT2D eigenvalue weighted by atomic mass is 10.1. The van der Waals surface area contributed by atoms with Gasteiger partial charge in [0.15, 0.2) is 0 Å². The van der Waals surface area contributed by atoms with E-state index in [1.807, 2.05) is 17.0 Å². The fourth-order valence-corrected chi connectivity index (χ4v) is 1.50. The van der Waals surface area contributed by atoms with E-state index in [2.05, 4.69) is 4.98 Å². The van der Waals surface area contributed by atoms with Crippen LogP contribution in [-0.4, -0.2) is 29.3 Å². The van der Waals surface area contributed by atoms with Gasteiger partial charge in [-0.05, 0) is 6.07 Å². The molecule has 1 aliphatic heterocycles. The highest BCUT2D eigenvalue weighted by molar-refractivity contribution is 5.49. The molecule has 13 heavy (non-hydrogen) atoms. The molecule has 1 aromatic heterocycles. The molecule has 1 aliphatic rings. The van der Waals surface area contributed by atoms with E-state index < -0.39 is 0 Å². The quantitative estimate of drug-likeness (QED) is 0.655. The smallest absolute Gasteiger partial charge is 0.133 e. The molecule has 2 heterocycles. The molecule has 0 unspecified atom stereocenters. The van der Waals surface area contributed by atoms with E-state index in [1.54, 1.807) is 6.20 Å². The molecule has 70 valence electrons. The first-order chi connectivity index (χ1) is 6.31. The summed E-state index contributed by atoms with van der Waals surface area (Å²) in [6.45, 7) is 1.84. The third-order valence-corrected chi connectivity index (χ3v) is 2.25. The van der Waals surface area contributed by atoms with Gasteiger partial charge in [0, 0.05) is 31.4 Å². The zero-order valence-electron chi connectivity index (χ0n) is 7.35. The molecule has 0 radical (unpaired) electrons. The second-order valence-electron chi connectivity index (χ2n) is 3.25. The minimum Gasteiger partial charge on any atom is -0.389 e. The lowest BCUT2D eigenvalue weighted by Crippen LogP contribution is -2.51. The lowest BCUT2D eigenvalue weighted by Gasteiger charge is -2.37. The van der Waals surface area contributed by atoms with E-state index in [0.29, 0.717) is 19.6 Å². The Hall–Kier alpha value is -1.13. The highest BCUT2D eigenvalue weighted by Crippen LogP contribution is 2.21. The van der Waals surface area contributed by atoms with Crippen molar-refractivity contribution in [2.24, 2.45) is 5.73 Å². The summed E-state index contributed by atoms with van der Waals surface area (Å²) in [5, 5.41) is 9.14. The first kappa shape index (κ1) is 8.47. The van der Waals surface area contributed by atoms with Crippen molar-refractivity contribution in [2.45, 2.75) is 12.6 Å². The molecule has 2 rings (SSSR count). The molecule has 0 spiro atoms. The van der Waals surface area contributed by atoms with Crippen LogP contribution < -0.4 is 10.6 Å². The van der Waals surface area contributed by atoms with Crippen LogP contribution >= 0.6 is 0 Å². The second kappa shape index (κ2) is 3.32. The standard InChI is InChI=1S/C9H13N3O/c10-4-7-2-1-3-11-9(7)12-5-8(13)6-12/h1-3,8,13H,4-6,10H2. The lowest BCUT2D eigenvalue weighted by molar-refractivity contribution is 0.141. The number of aliphatic hydroxyl groups excluding tert-OH is 1. The van der Waals surface area contributed by atoms with Crippen LogP contribution in [0.15, 0.2) is 18.3 Å². The van der Waals surface area contributed by atoms with Gasteiger partial charge in [0.25, 0.3) is 0 Å². The Morgan fingerprint density at radius 3 is 3.00 bits per heavy atom. The van der Waals surface area contributed by atoms with Crippen molar-refractivity contribution in [2.75, 3.05) is 18.0 Å². The van der Waals surface area contributed by atoms with Crippen molar-refractivity contribution in [1.82, 2.24) is 4.98 Å². The molecule has 0 aromatic carbocycles. The number of rotatable bonds is 2. The minimum atomic E-state index is -0.201. The summed E-state index contributed by atoms with van der Waals surface area (Å²) in [6, 6.07) is 3.84. The van der Waals surface area contributed by atoms with Gasteiger partial charge in [0.05, 0.1) is 6.10 Å². The van der Waals surface area contributed by atoms with Crippen LogP contribution in [-0.2, 0) is 6.54 Å². The fraction of sp³-hybridized carbons (Fsp3) is 0.444. The molecule has 4 heteroatoms. The monoisotopic (exact) mass is 179 g/mol. The SMILES string of the molecule is NCc1cccnc1N1CC(O)C1. The molecule has 0 saturated carbocycles. The number of hydrogen-bond donors (Lipinski definition) is 2. The summed E-state index contributed by atoms with van der Waals surface area (Å²) in [7, 11) is 0. The van der Waals surface area contributed by atoms with Crippen LogP contribution in [0.1, 0.15) is 5.56 Å². The maximum absolute atomic E-state index is 9.14. The van der Waals surface area contributed by atoms with E-state index in [4.69, 9.17) is 10.8 Å². The van der Waals surface area contributed by atoms with Crippen LogP contribution in [0.2, 0.25) is 0 Å². The van der Waals surface area contributed by atoms with Crippen molar-refractivity contribution in [1.29, 1.82) is 0 Å². The molecule has 0 aliphatic carbocycles. The second-order valence-corrected chi connectivity index (χ2v) is 3.25. The largest absolute Gasteiger partial charge is 0.389 e. The van der Waals surface area contributed by atoms with Gasteiger partial charge in [-0.1, -0.05) is 6.07 Å². The number of hydrogen-bond acceptors (Lipinski definition) is 4. The Kier molecular flexibility index (Phi) is 2.16. The fourth-order valence-electron chi connectivity index (χ4n) is 1.50. The van der Waals surface area contributed by atoms with E-state index >= 15 is 0 Å². The van der Waals surface area contributed by atoms with Crippen LogP contribution in [0.25, 0.3) is 0 Å². The van der Waals surface area contributed by atoms with Gasteiger partial charge in [-0.15, -0.1) is 0 Å². The van der Waals surface area contributed by atoms with Crippen LogP contribution in [0, 0.1) is 0 Å². The topological polar surface area (TPSA) is 62.4 Å². The first-order valence-corrected chi connectivity index (χ1v) is 4.38. The third-order valence-electron chi connectivity index (χ3n) is 2.25. The van der Waals surface area contributed by atoms with Gasteiger partial charge in [-0.25, -0.2) is 4.98 Å². The number of β-amino-alcohol motifs (C(OH)–C–C–N with tert-alkyl or cyclic N) is 1. The van der Waals surface area contributed by atoms with Crippen LogP contribution in [0.3, 0.4) is 0 Å². The van der Waals surface area contributed by atoms with Crippen LogP contribution in [0.4, 0.5) is 5.82 Å². The number of nitrogens with two attached hydrogens (primary N) is 1. The Labute approximate surface area is 77.0 Å². The summed E-state index contributed by atoms with van der Waals surface area (Å²) in [5.74, 6) is 0.912. The molecule has 3 N–H and O–H groups in total. The number of aromatic nitrogens is 1. The Morgan fingerprint density at radius 2 is 2.38 bits per heavy atom. The van der Waals surface area contributed by atoms with Crippen molar-refractivity contribution < 1.29 is 5.11 Å². The number of pyridine rings is 1. The van der Waals surface area contributed by atoms with Crippen molar-refractivity contribution in [3.8, 4) is 0 Å². The van der Waals surface area contributed by atoms with E-state index in [0.717, 1.165) is 11.4 Å². The highest BCUT2D eigenvalue weighted by Gasteiger charge is 2.26. The Bertz CT molecular complexity index is 297.